The summed E-state index contributed by atoms with van der Waals surface area (Å²) in [6.07, 6.45) is 8.22. The molecule has 0 aromatic carbocycles. The van der Waals surface area contributed by atoms with Gasteiger partial charge in [-0.3, -0.25) is 19.0 Å². The Morgan fingerprint density at radius 1 is 1.26 bits per heavy atom. The van der Waals surface area contributed by atoms with E-state index in [9.17, 15) is 14.4 Å². The molecule has 8 rings (SSSR count). The van der Waals surface area contributed by atoms with Crippen molar-refractivity contribution in [2.45, 2.75) is 76.0 Å². The van der Waals surface area contributed by atoms with E-state index in [0.717, 1.165) is 60.8 Å². The van der Waals surface area contributed by atoms with E-state index >= 15 is 0 Å². The number of fused-ring (bicyclic) bond motifs is 7. The van der Waals surface area contributed by atoms with Gasteiger partial charge in [0.25, 0.3) is 5.56 Å². The van der Waals surface area contributed by atoms with Crippen molar-refractivity contribution < 1.29 is 14.3 Å². The molecule has 1 amide bonds. The maximum Gasteiger partial charge on any atom is 0.275 e. The molecule has 2 saturated heterocycles. The SMILES string of the molecule is Cc1cc(Nc2ncnc3sc4c(c23)CC[C@H](C(=O)N2C[C@H]3C[C@@H]2CO3)C4)c(=O)n2c1C(=O)CC21CCC1. The van der Waals surface area contributed by atoms with Crippen molar-refractivity contribution in [3.05, 3.63) is 44.4 Å². The molecule has 3 aliphatic heterocycles. The fourth-order valence-electron chi connectivity index (χ4n) is 7.53. The van der Waals surface area contributed by atoms with Gasteiger partial charge >= 0.3 is 0 Å². The van der Waals surface area contributed by atoms with Crippen LogP contribution in [0.5, 0.6) is 0 Å². The predicted molar refractivity (Wildman–Crippen MR) is 142 cm³/mol. The van der Waals surface area contributed by atoms with Crippen LogP contribution >= 0.6 is 11.3 Å². The van der Waals surface area contributed by atoms with Gasteiger partial charge in [0.2, 0.25) is 5.91 Å². The summed E-state index contributed by atoms with van der Waals surface area (Å²) in [5.74, 6) is 0.935. The summed E-state index contributed by atoms with van der Waals surface area (Å²) in [6, 6.07) is 2.03. The van der Waals surface area contributed by atoms with Crippen LogP contribution in [0, 0.1) is 12.8 Å². The summed E-state index contributed by atoms with van der Waals surface area (Å²) >= 11 is 1.63. The Hall–Kier alpha value is -3.11. The molecule has 1 saturated carbocycles. The maximum atomic E-state index is 13.7. The summed E-state index contributed by atoms with van der Waals surface area (Å²) in [4.78, 5) is 53.0. The van der Waals surface area contributed by atoms with Gasteiger partial charge < -0.3 is 15.0 Å². The van der Waals surface area contributed by atoms with Gasteiger partial charge in [0.15, 0.2) is 5.78 Å². The Morgan fingerprint density at radius 2 is 2.13 bits per heavy atom. The molecule has 196 valence electrons. The molecule has 2 bridgehead atoms. The molecular weight excluding hydrogens is 502 g/mol. The molecule has 1 spiro atoms. The average molecular weight is 532 g/mol. The van der Waals surface area contributed by atoms with Crippen LogP contribution in [0.4, 0.5) is 11.5 Å². The van der Waals surface area contributed by atoms with E-state index in [1.165, 1.54) is 16.8 Å². The smallest absolute Gasteiger partial charge is 0.275 e. The van der Waals surface area contributed by atoms with Gasteiger partial charge in [0.05, 0.1) is 35.4 Å². The average Bonchev–Trinajstić information content (AvgIpc) is 3.66. The predicted octanol–water partition coefficient (Wildman–Crippen LogP) is 3.48. The van der Waals surface area contributed by atoms with E-state index in [1.807, 2.05) is 11.8 Å². The highest BCUT2D eigenvalue weighted by atomic mass is 32.1. The monoisotopic (exact) mass is 531 g/mol. The van der Waals surface area contributed by atoms with E-state index in [2.05, 4.69) is 15.3 Å². The fraction of sp³-hybridized carbons (Fsp3) is 0.536. The van der Waals surface area contributed by atoms with Crippen molar-refractivity contribution in [3.8, 4) is 0 Å². The molecule has 0 radical (unpaired) electrons. The molecule has 3 atom stereocenters. The van der Waals surface area contributed by atoms with Crippen LogP contribution in [-0.2, 0) is 27.9 Å². The first-order valence-corrected chi connectivity index (χ1v) is 14.5. The van der Waals surface area contributed by atoms with Crippen LogP contribution in [0.25, 0.3) is 10.2 Å². The maximum absolute atomic E-state index is 13.7. The molecule has 6 heterocycles. The largest absolute Gasteiger partial charge is 0.374 e. The topological polar surface area (TPSA) is 106 Å². The quantitative estimate of drug-likeness (QED) is 0.552. The molecule has 3 aromatic rings. The van der Waals surface area contributed by atoms with Crippen molar-refractivity contribution in [3.63, 3.8) is 0 Å². The van der Waals surface area contributed by atoms with Crippen molar-refractivity contribution in [1.82, 2.24) is 19.4 Å². The number of hydrogen-bond donors (Lipinski definition) is 1. The van der Waals surface area contributed by atoms with Gasteiger partial charge in [0.1, 0.15) is 22.7 Å². The van der Waals surface area contributed by atoms with Crippen LogP contribution < -0.4 is 10.9 Å². The van der Waals surface area contributed by atoms with E-state index in [-0.39, 0.29) is 40.9 Å². The van der Waals surface area contributed by atoms with Crippen LogP contribution in [-0.4, -0.2) is 56.4 Å². The molecular formula is C28H29N5O4S. The van der Waals surface area contributed by atoms with E-state index in [0.29, 0.717) is 36.6 Å². The second-order valence-electron chi connectivity index (χ2n) is 11.7. The lowest BCUT2D eigenvalue weighted by Crippen LogP contribution is -2.45. The third kappa shape index (κ3) is 3.10. The number of nitrogens with one attached hydrogen (secondary N) is 1. The zero-order valence-electron chi connectivity index (χ0n) is 21.3. The molecule has 3 aromatic heterocycles. The Morgan fingerprint density at radius 3 is 2.87 bits per heavy atom. The van der Waals surface area contributed by atoms with Crippen molar-refractivity contribution in [1.29, 1.82) is 0 Å². The Labute approximate surface area is 223 Å². The number of rotatable bonds is 3. The summed E-state index contributed by atoms with van der Waals surface area (Å²) in [6.45, 7) is 3.30. The third-order valence-corrected chi connectivity index (χ3v) is 10.7. The number of hydrogen-bond acceptors (Lipinski definition) is 8. The standard InChI is InChI=1S/C28H29N5O4S/c1-14-7-19(27(36)33-23(14)20(34)10-28(33)5-2-6-28)31-24-22-18-4-3-15(8-21(18)38-25(22)30-13-29-24)26(35)32-11-17-9-16(32)12-37-17/h7,13,15-17H,2-6,8-12H2,1H3,(H,29,30,31)/t15-,16+,17+/m0/s1. The minimum atomic E-state index is -0.350. The summed E-state index contributed by atoms with van der Waals surface area (Å²) in [5.41, 5.74) is 2.52. The molecule has 9 nitrogen and oxygen atoms in total. The lowest BCUT2D eigenvalue weighted by molar-refractivity contribution is -0.140. The van der Waals surface area contributed by atoms with Crippen molar-refractivity contribution >= 4 is 44.7 Å². The van der Waals surface area contributed by atoms with Crippen LogP contribution in [0.2, 0.25) is 0 Å². The molecule has 5 aliphatic rings. The van der Waals surface area contributed by atoms with Crippen molar-refractivity contribution in [2.24, 2.45) is 5.92 Å². The zero-order valence-corrected chi connectivity index (χ0v) is 22.1. The van der Waals surface area contributed by atoms with Gasteiger partial charge in [-0.25, -0.2) is 9.97 Å². The Kier molecular flexibility index (Phi) is 4.78. The summed E-state index contributed by atoms with van der Waals surface area (Å²) in [5, 5.41) is 4.29. The van der Waals surface area contributed by atoms with Gasteiger partial charge in [0, 0.05) is 23.8 Å². The van der Waals surface area contributed by atoms with Gasteiger partial charge in [-0.05, 0) is 69.1 Å². The number of morpholine rings is 1. The lowest BCUT2D eigenvalue weighted by Gasteiger charge is -2.39. The van der Waals surface area contributed by atoms with Crippen LogP contribution in [0.3, 0.4) is 0 Å². The molecule has 1 N–H and O–H groups in total. The van der Waals surface area contributed by atoms with E-state index in [1.54, 1.807) is 22.0 Å². The normalized spacial score (nSPS) is 26.6. The first-order valence-electron chi connectivity index (χ1n) is 13.7. The number of anilines is 2. The minimum absolute atomic E-state index is 0.0144. The highest BCUT2D eigenvalue weighted by Gasteiger charge is 2.49. The number of ether oxygens (including phenoxy) is 1. The van der Waals surface area contributed by atoms with Gasteiger partial charge in [-0.2, -0.15) is 0 Å². The number of ketones is 1. The number of amides is 1. The fourth-order valence-corrected chi connectivity index (χ4v) is 8.79. The highest BCUT2D eigenvalue weighted by Crippen LogP contribution is 2.47. The number of Topliss-reactive ketones (excluding diaryl/α,β-unsaturated/α-hetero) is 1. The number of aryl methyl sites for hydroxylation is 2. The number of carbonyl (C=O) groups is 2. The lowest BCUT2D eigenvalue weighted by atomic mass is 9.75. The minimum Gasteiger partial charge on any atom is -0.374 e. The Balaban J connectivity index is 1.13. The van der Waals surface area contributed by atoms with Gasteiger partial charge in [-0.1, -0.05) is 0 Å². The molecule has 10 heteroatoms. The first kappa shape index (κ1) is 22.8. The second-order valence-corrected chi connectivity index (χ2v) is 12.8. The number of likely N-dealkylation sites (tertiary alicyclic amines) is 1. The Bertz CT molecular complexity index is 1600. The number of nitrogens with zero attached hydrogens (tertiary/aromatic N) is 4. The molecule has 3 fully saturated rings. The second kappa shape index (κ2) is 7.95. The van der Waals surface area contributed by atoms with Crippen molar-refractivity contribution in [2.75, 3.05) is 18.5 Å². The molecule has 38 heavy (non-hydrogen) atoms. The molecule has 0 unspecified atom stereocenters. The van der Waals surface area contributed by atoms with Crippen LogP contribution in [0.1, 0.15) is 65.0 Å². The number of pyridine rings is 1. The summed E-state index contributed by atoms with van der Waals surface area (Å²) in [7, 11) is 0. The number of carbonyl (C=O) groups excluding carboxylic acids is 2. The number of thiophene rings is 1. The van der Waals surface area contributed by atoms with Gasteiger partial charge in [-0.15, -0.1) is 11.3 Å². The highest BCUT2D eigenvalue weighted by molar-refractivity contribution is 7.19. The van der Waals surface area contributed by atoms with E-state index in [4.69, 9.17) is 4.74 Å². The third-order valence-electron chi connectivity index (χ3n) is 9.53. The zero-order chi connectivity index (χ0) is 25.8. The van der Waals surface area contributed by atoms with Crippen LogP contribution in [0.15, 0.2) is 17.2 Å². The first-order chi connectivity index (χ1) is 18.4. The van der Waals surface area contributed by atoms with E-state index < -0.39 is 0 Å². The molecule has 2 aliphatic carbocycles. The number of aromatic nitrogens is 3. The summed E-state index contributed by atoms with van der Waals surface area (Å²) < 4.78 is 7.46.